The molecule has 0 unspecified atom stereocenters. The molecule has 1 saturated carbocycles. The van der Waals surface area contributed by atoms with Crippen molar-refractivity contribution < 1.29 is 17.5 Å². The van der Waals surface area contributed by atoms with E-state index in [2.05, 4.69) is 6.92 Å². The van der Waals surface area contributed by atoms with Crippen molar-refractivity contribution in [2.45, 2.75) is 45.4 Å². The van der Waals surface area contributed by atoms with Crippen molar-refractivity contribution in [2.75, 3.05) is 0 Å². The van der Waals surface area contributed by atoms with Crippen LogP contribution >= 0.6 is 0 Å². The van der Waals surface area contributed by atoms with Crippen molar-refractivity contribution in [1.82, 2.24) is 0 Å². The summed E-state index contributed by atoms with van der Waals surface area (Å²) >= 11 is 0. The third-order valence-electron chi connectivity index (χ3n) is 2.17. The zero-order chi connectivity index (χ0) is 10.3. The van der Waals surface area contributed by atoms with E-state index in [-0.39, 0.29) is 29.6 Å². The van der Waals surface area contributed by atoms with Gasteiger partial charge in [0.1, 0.15) is 0 Å². The Hall–Kier alpha value is 0.870. The molecule has 0 radical (unpaired) electrons. The molecule has 0 aromatic rings. The van der Waals surface area contributed by atoms with E-state index in [0.29, 0.717) is 0 Å². The molecule has 1 rings (SSSR count). The zero-order valence-electron chi connectivity index (χ0n) is 7.94. The molecule has 82 valence electrons. The van der Waals surface area contributed by atoms with E-state index in [1.807, 2.05) is 0 Å². The SMILES string of the molecule is CCCC1CCCC1.O=S(=O)(O)O.[NaH]. The third kappa shape index (κ3) is 15.3. The quantitative estimate of drug-likeness (QED) is 0.563. The number of hydrogen-bond donors (Lipinski definition) is 2. The molecule has 0 bridgehead atoms. The second-order valence-corrected chi connectivity index (χ2v) is 4.28. The van der Waals surface area contributed by atoms with Crippen LogP contribution < -0.4 is 0 Å². The predicted octanol–water partition coefficient (Wildman–Crippen LogP) is 1.68. The van der Waals surface area contributed by atoms with Crippen molar-refractivity contribution in [2.24, 2.45) is 5.92 Å². The van der Waals surface area contributed by atoms with Crippen molar-refractivity contribution >= 4 is 40.0 Å². The molecule has 0 heterocycles. The molecule has 6 heteroatoms. The van der Waals surface area contributed by atoms with Gasteiger partial charge in [0, 0.05) is 0 Å². The van der Waals surface area contributed by atoms with Crippen molar-refractivity contribution in [1.29, 1.82) is 0 Å². The van der Waals surface area contributed by atoms with Crippen LogP contribution in [-0.2, 0) is 10.4 Å². The van der Waals surface area contributed by atoms with Crippen LogP contribution in [0, 0.1) is 5.92 Å². The Kier molecular flexibility index (Phi) is 11.3. The molecular weight excluding hydrogens is 215 g/mol. The van der Waals surface area contributed by atoms with E-state index >= 15 is 0 Å². The summed E-state index contributed by atoms with van der Waals surface area (Å²) in [4.78, 5) is 0. The van der Waals surface area contributed by atoms with E-state index in [9.17, 15) is 0 Å². The average molecular weight is 234 g/mol. The normalized spacial score (nSPS) is 16.8. The van der Waals surface area contributed by atoms with Gasteiger partial charge < -0.3 is 0 Å². The Morgan fingerprint density at radius 1 is 1.21 bits per heavy atom. The molecule has 1 aliphatic rings. The van der Waals surface area contributed by atoms with Gasteiger partial charge in [-0.15, -0.1) is 0 Å². The Bertz CT molecular complexity index is 201. The van der Waals surface area contributed by atoms with Crippen LogP contribution in [0.2, 0.25) is 0 Å². The first-order chi connectivity index (χ1) is 5.93. The van der Waals surface area contributed by atoms with Gasteiger partial charge in [-0.3, -0.25) is 9.11 Å². The fourth-order valence-electron chi connectivity index (χ4n) is 1.71. The van der Waals surface area contributed by atoms with Gasteiger partial charge in [-0.05, 0) is 5.92 Å². The van der Waals surface area contributed by atoms with Crippen molar-refractivity contribution in [3.05, 3.63) is 0 Å². The van der Waals surface area contributed by atoms with E-state index in [4.69, 9.17) is 17.5 Å². The minimum atomic E-state index is -4.67. The van der Waals surface area contributed by atoms with Crippen molar-refractivity contribution in [3.63, 3.8) is 0 Å². The van der Waals surface area contributed by atoms with Gasteiger partial charge in [0.2, 0.25) is 0 Å². The monoisotopic (exact) mass is 234 g/mol. The fourth-order valence-corrected chi connectivity index (χ4v) is 1.71. The summed E-state index contributed by atoms with van der Waals surface area (Å²) in [5.41, 5.74) is 0. The van der Waals surface area contributed by atoms with Crippen LogP contribution in [0.25, 0.3) is 0 Å². The van der Waals surface area contributed by atoms with Crippen LogP contribution in [0.5, 0.6) is 0 Å². The van der Waals surface area contributed by atoms with Gasteiger partial charge >= 0.3 is 40.0 Å². The molecular formula is C8H19NaO4S. The van der Waals surface area contributed by atoms with E-state index in [1.54, 1.807) is 0 Å². The van der Waals surface area contributed by atoms with Crippen LogP contribution in [0.1, 0.15) is 45.4 Å². The second kappa shape index (κ2) is 9.12. The minimum absolute atomic E-state index is 0. The van der Waals surface area contributed by atoms with Gasteiger partial charge in [0.05, 0.1) is 0 Å². The third-order valence-corrected chi connectivity index (χ3v) is 2.17. The maximum absolute atomic E-state index is 8.74. The summed E-state index contributed by atoms with van der Waals surface area (Å²) in [6, 6.07) is 0. The topological polar surface area (TPSA) is 74.6 Å². The molecule has 0 atom stereocenters. The van der Waals surface area contributed by atoms with Crippen LogP contribution in [0.4, 0.5) is 0 Å². The molecule has 0 amide bonds. The summed E-state index contributed by atoms with van der Waals surface area (Å²) in [5.74, 6) is 1.11. The molecule has 0 aromatic carbocycles. The summed E-state index contributed by atoms with van der Waals surface area (Å²) in [5, 5.41) is 0. The van der Waals surface area contributed by atoms with Gasteiger partial charge in [0.15, 0.2) is 0 Å². The van der Waals surface area contributed by atoms with Gasteiger partial charge in [-0.1, -0.05) is 45.4 Å². The Labute approximate surface area is 108 Å². The molecule has 0 aromatic heterocycles. The van der Waals surface area contributed by atoms with Crippen LogP contribution in [0.3, 0.4) is 0 Å². The molecule has 1 fully saturated rings. The Morgan fingerprint density at radius 3 is 1.86 bits per heavy atom. The standard InChI is InChI=1S/C8H16.Na.H2O4S.H/c1-2-5-8-6-3-4-7-8;;1-5(2,3)4;/h8H,2-7H2,1H3;;(H2,1,2,3,4);. The van der Waals surface area contributed by atoms with Gasteiger partial charge in [0.25, 0.3) is 0 Å². The summed E-state index contributed by atoms with van der Waals surface area (Å²) < 4.78 is 31.6. The van der Waals surface area contributed by atoms with E-state index < -0.39 is 10.4 Å². The molecule has 1 aliphatic carbocycles. The first-order valence-electron chi connectivity index (χ1n) is 4.63. The molecule has 0 aliphatic heterocycles. The van der Waals surface area contributed by atoms with Gasteiger partial charge in [-0.25, -0.2) is 0 Å². The summed E-state index contributed by atoms with van der Waals surface area (Å²) in [6.45, 7) is 2.29. The fraction of sp³-hybridized carbons (Fsp3) is 1.00. The second-order valence-electron chi connectivity index (χ2n) is 3.39. The van der Waals surface area contributed by atoms with Crippen LogP contribution in [0.15, 0.2) is 0 Å². The molecule has 14 heavy (non-hydrogen) atoms. The first-order valence-corrected chi connectivity index (χ1v) is 6.03. The average Bonchev–Trinajstić information content (AvgIpc) is 2.36. The zero-order valence-corrected chi connectivity index (χ0v) is 8.76. The maximum atomic E-state index is 8.74. The summed E-state index contributed by atoms with van der Waals surface area (Å²) in [6.07, 6.45) is 8.93. The van der Waals surface area contributed by atoms with Gasteiger partial charge in [-0.2, -0.15) is 8.42 Å². The predicted molar refractivity (Wildman–Crippen MR) is 58.2 cm³/mol. The van der Waals surface area contributed by atoms with Crippen LogP contribution in [-0.4, -0.2) is 47.1 Å². The molecule has 0 saturated heterocycles. The summed E-state index contributed by atoms with van der Waals surface area (Å²) in [7, 11) is -4.67. The first kappa shape index (κ1) is 17.3. The van der Waals surface area contributed by atoms with E-state index in [1.165, 1.54) is 38.5 Å². The molecule has 0 spiro atoms. The Morgan fingerprint density at radius 2 is 1.57 bits per heavy atom. The number of rotatable bonds is 2. The van der Waals surface area contributed by atoms with Crippen molar-refractivity contribution in [3.8, 4) is 0 Å². The molecule has 2 N–H and O–H groups in total. The molecule has 4 nitrogen and oxygen atoms in total. The Balaban J connectivity index is 0. The van der Waals surface area contributed by atoms with E-state index in [0.717, 1.165) is 5.92 Å². The number of hydrogen-bond acceptors (Lipinski definition) is 2.